The Bertz CT molecular complexity index is 636. The van der Waals surface area contributed by atoms with Crippen LogP contribution in [0.1, 0.15) is 24.0 Å². The van der Waals surface area contributed by atoms with Crippen molar-refractivity contribution >= 4 is 0 Å². The molecule has 2 aromatic carbocycles. The van der Waals surface area contributed by atoms with Crippen LogP contribution in [0.15, 0.2) is 54.6 Å². The van der Waals surface area contributed by atoms with Crippen molar-refractivity contribution in [2.45, 2.75) is 25.8 Å². The van der Waals surface area contributed by atoms with Gasteiger partial charge in [-0.3, -0.25) is 0 Å². The van der Waals surface area contributed by atoms with Crippen LogP contribution >= 0.6 is 0 Å². The van der Waals surface area contributed by atoms with Crippen LogP contribution in [0.4, 0.5) is 4.39 Å². The van der Waals surface area contributed by atoms with Crippen molar-refractivity contribution in [3.63, 3.8) is 0 Å². The molecule has 2 aromatic rings. The van der Waals surface area contributed by atoms with Crippen LogP contribution in [0.3, 0.4) is 0 Å². The molecule has 1 saturated heterocycles. The second-order valence-corrected chi connectivity index (χ2v) is 6.89. The molecule has 0 saturated carbocycles. The number of nitrogens with one attached hydrogen (secondary N) is 1. The summed E-state index contributed by atoms with van der Waals surface area (Å²) in [6, 6.07) is 16.2. The standard InChI is InChI=1S/C9H11NO.C7H15N2.C6H5F.Y/c11-10-6-5-8-3-1-2-4-9(8)7-10;1-8-6-7-2-4-9-5-3-7;7-6-4-2-1-3-5-6;/h1-4,11H,5-7H2;7,9H,2-6H2,1H3;1-5H;/q;-1;;. The fourth-order valence-electron chi connectivity index (χ4n) is 3.22. The smallest absolute Gasteiger partial charge is 0.123 e. The molecular weight excluding hydrogens is 430 g/mol. The fourth-order valence-corrected chi connectivity index (χ4v) is 3.22. The Morgan fingerprint density at radius 1 is 1.04 bits per heavy atom. The van der Waals surface area contributed by atoms with Gasteiger partial charge in [-0.2, -0.15) is 12.1 Å². The van der Waals surface area contributed by atoms with Gasteiger partial charge in [0.25, 0.3) is 0 Å². The maximum absolute atomic E-state index is 11.9. The van der Waals surface area contributed by atoms with Crippen LogP contribution in [-0.2, 0) is 45.7 Å². The van der Waals surface area contributed by atoms with Gasteiger partial charge in [-0.1, -0.05) is 48.4 Å². The zero-order chi connectivity index (χ0) is 19.3. The van der Waals surface area contributed by atoms with E-state index in [-0.39, 0.29) is 38.5 Å². The van der Waals surface area contributed by atoms with Gasteiger partial charge in [-0.05, 0) is 55.6 Å². The summed E-state index contributed by atoms with van der Waals surface area (Å²) in [7, 11) is 1.90. The normalized spacial score (nSPS) is 16.4. The molecule has 0 atom stereocenters. The van der Waals surface area contributed by atoms with Crippen LogP contribution in [0.5, 0.6) is 0 Å². The van der Waals surface area contributed by atoms with E-state index in [0.717, 1.165) is 25.4 Å². The van der Waals surface area contributed by atoms with Gasteiger partial charge in [0.05, 0.1) is 0 Å². The van der Waals surface area contributed by atoms with E-state index in [1.807, 2.05) is 19.2 Å². The van der Waals surface area contributed by atoms with E-state index in [1.54, 1.807) is 18.2 Å². The maximum atomic E-state index is 11.9. The van der Waals surface area contributed by atoms with E-state index in [1.165, 1.54) is 54.3 Å². The maximum Gasteiger partial charge on any atom is 0.123 e. The Balaban J connectivity index is 0.000000212. The predicted molar refractivity (Wildman–Crippen MR) is 108 cm³/mol. The number of benzene rings is 2. The van der Waals surface area contributed by atoms with Crippen molar-refractivity contribution in [3.8, 4) is 0 Å². The number of hydrogen-bond acceptors (Lipinski definition) is 3. The number of hydroxylamine groups is 2. The molecule has 28 heavy (non-hydrogen) atoms. The van der Waals surface area contributed by atoms with Gasteiger partial charge in [0.1, 0.15) is 5.82 Å². The number of fused-ring (bicyclic) bond motifs is 1. The Morgan fingerprint density at radius 2 is 1.64 bits per heavy atom. The summed E-state index contributed by atoms with van der Waals surface area (Å²) in [5, 5.41) is 18.0. The van der Waals surface area contributed by atoms with Gasteiger partial charge < -0.3 is 15.8 Å². The van der Waals surface area contributed by atoms with Crippen molar-refractivity contribution < 1.29 is 42.3 Å². The molecular formula is C22H31FN3OY-. The van der Waals surface area contributed by atoms with Gasteiger partial charge >= 0.3 is 0 Å². The minimum atomic E-state index is -0.178. The first-order valence-electron chi connectivity index (χ1n) is 9.66. The Morgan fingerprint density at radius 3 is 2.21 bits per heavy atom. The molecule has 151 valence electrons. The van der Waals surface area contributed by atoms with Crippen LogP contribution in [0.25, 0.3) is 5.32 Å². The molecule has 4 rings (SSSR count). The van der Waals surface area contributed by atoms with Crippen LogP contribution in [0, 0.1) is 11.7 Å². The van der Waals surface area contributed by atoms with Crippen molar-refractivity contribution in [1.29, 1.82) is 0 Å². The molecule has 0 unspecified atom stereocenters. The quantitative estimate of drug-likeness (QED) is 0.704. The Kier molecular flexibility index (Phi) is 13.8. The van der Waals surface area contributed by atoms with E-state index in [9.17, 15) is 9.60 Å². The number of hydrogen-bond donors (Lipinski definition) is 2. The van der Waals surface area contributed by atoms with E-state index >= 15 is 0 Å². The molecule has 0 aromatic heterocycles. The zero-order valence-corrected chi connectivity index (χ0v) is 19.6. The SMILES string of the molecule is C[N-]CC1CCNCC1.Fc1ccccc1.ON1CCc2ccccc2C1.[Y]. The number of halogens is 1. The minimum absolute atomic E-state index is 0. The third-order valence-electron chi connectivity index (χ3n) is 4.74. The summed E-state index contributed by atoms with van der Waals surface area (Å²) in [6.45, 7) is 4.90. The molecule has 2 aliphatic rings. The molecule has 0 bridgehead atoms. The summed E-state index contributed by atoms with van der Waals surface area (Å²) in [4.78, 5) is 0. The van der Waals surface area contributed by atoms with Crippen LogP contribution in [-0.4, -0.2) is 43.5 Å². The van der Waals surface area contributed by atoms with Gasteiger partial charge in [-0.25, -0.2) is 4.39 Å². The monoisotopic (exact) mass is 461 g/mol. The largest absolute Gasteiger partial charge is 0.665 e. The Labute approximate surface area is 193 Å². The summed E-state index contributed by atoms with van der Waals surface area (Å²) in [6.07, 6.45) is 3.60. The van der Waals surface area contributed by atoms with E-state index < -0.39 is 0 Å². The summed E-state index contributed by atoms with van der Waals surface area (Å²) < 4.78 is 11.9. The van der Waals surface area contributed by atoms with Gasteiger partial charge in [0.2, 0.25) is 0 Å². The Hall–Kier alpha value is -0.686. The molecule has 0 amide bonds. The second kappa shape index (κ2) is 15.2. The van der Waals surface area contributed by atoms with E-state index in [2.05, 4.69) is 22.8 Å². The molecule has 1 radical (unpaired) electrons. The van der Waals surface area contributed by atoms with Crippen molar-refractivity contribution in [3.05, 3.63) is 76.9 Å². The first-order valence-corrected chi connectivity index (χ1v) is 9.66. The molecule has 6 heteroatoms. The first-order chi connectivity index (χ1) is 13.2. The predicted octanol–water partition coefficient (Wildman–Crippen LogP) is 4.25. The third-order valence-corrected chi connectivity index (χ3v) is 4.74. The second-order valence-electron chi connectivity index (χ2n) is 6.89. The summed E-state index contributed by atoms with van der Waals surface area (Å²) in [5.74, 6) is 0.693. The van der Waals surface area contributed by atoms with Gasteiger partial charge in [0.15, 0.2) is 0 Å². The first kappa shape index (κ1) is 25.4. The molecule has 4 nitrogen and oxygen atoms in total. The molecule has 1 fully saturated rings. The van der Waals surface area contributed by atoms with Crippen LogP contribution < -0.4 is 5.32 Å². The van der Waals surface area contributed by atoms with Crippen LogP contribution in [0.2, 0.25) is 0 Å². The summed E-state index contributed by atoms with van der Waals surface area (Å²) >= 11 is 0. The van der Waals surface area contributed by atoms with Crippen molar-refractivity contribution in [2.75, 3.05) is 33.2 Å². The average molecular weight is 461 g/mol. The topological polar surface area (TPSA) is 49.6 Å². The van der Waals surface area contributed by atoms with Crippen molar-refractivity contribution in [1.82, 2.24) is 10.4 Å². The van der Waals surface area contributed by atoms with E-state index in [4.69, 9.17) is 0 Å². The number of piperidine rings is 1. The van der Waals surface area contributed by atoms with Crippen molar-refractivity contribution in [2.24, 2.45) is 5.92 Å². The molecule has 2 aliphatic heterocycles. The molecule has 0 aliphatic carbocycles. The summed E-state index contributed by atoms with van der Waals surface area (Å²) in [5.41, 5.74) is 2.62. The average Bonchev–Trinajstić information content (AvgIpc) is 2.71. The molecule has 2 heterocycles. The van der Waals surface area contributed by atoms with Gasteiger partial charge in [0, 0.05) is 45.8 Å². The third kappa shape index (κ3) is 10.2. The van der Waals surface area contributed by atoms with Gasteiger partial charge in [-0.15, -0.1) is 6.54 Å². The minimum Gasteiger partial charge on any atom is -0.665 e. The number of nitrogens with zero attached hydrogens (tertiary/aromatic N) is 2. The van der Waals surface area contributed by atoms with E-state index in [0.29, 0.717) is 6.54 Å². The number of rotatable bonds is 2. The fraction of sp³-hybridized carbons (Fsp3) is 0.455. The zero-order valence-electron chi connectivity index (χ0n) is 16.7. The molecule has 2 N–H and O–H groups in total. The molecule has 0 spiro atoms.